The molecule has 0 amide bonds. The molecule has 3 N–H and O–H groups in total. The first kappa shape index (κ1) is 53.1. The second-order valence-electron chi connectivity index (χ2n) is 13.9. The lowest BCUT2D eigenvalue weighted by Crippen LogP contribution is -2.29. The third kappa shape index (κ3) is 39.4. The van der Waals surface area contributed by atoms with E-state index in [1.807, 2.05) is 24.3 Å². The first-order chi connectivity index (χ1) is 27.2. The number of ketones is 1. The molecule has 0 rings (SSSR count). The van der Waals surface area contributed by atoms with Crippen molar-refractivity contribution in [2.24, 2.45) is 5.73 Å². The number of ether oxygens (including phenoxy) is 2. The van der Waals surface area contributed by atoms with Gasteiger partial charge in [0, 0.05) is 25.8 Å². The summed E-state index contributed by atoms with van der Waals surface area (Å²) in [6.45, 7) is 3.43. The summed E-state index contributed by atoms with van der Waals surface area (Å²) < 4.78 is 32.6. The maximum absolute atomic E-state index is 12.6. The molecule has 56 heavy (non-hydrogen) atoms. The average molecular weight is 806 g/mol. The van der Waals surface area contributed by atoms with Crippen LogP contribution in [0.1, 0.15) is 162 Å². The molecule has 11 heteroatoms. The zero-order valence-electron chi connectivity index (χ0n) is 34.8. The van der Waals surface area contributed by atoms with Gasteiger partial charge in [-0.3, -0.25) is 23.4 Å². The number of hydrogen-bond acceptors (Lipinski definition) is 9. The fourth-order valence-corrected chi connectivity index (χ4v) is 6.08. The van der Waals surface area contributed by atoms with Crippen molar-refractivity contribution in [1.29, 1.82) is 0 Å². The molecule has 0 saturated heterocycles. The van der Waals surface area contributed by atoms with E-state index < -0.39 is 32.5 Å². The zero-order chi connectivity index (χ0) is 41.2. The van der Waals surface area contributed by atoms with Gasteiger partial charge < -0.3 is 20.1 Å². The Morgan fingerprint density at radius 2 is 1.11 bits per heavy atom. The van der Waals surface area contributed by atoms with Crippen molar-refractivity contribution in [2.75, 3.05) is 26.4 Å². The number of phosphoric ester groups is 1. The first-order valence-electron chi connectivity index (χ1n) is 21.4. The molecule has 0 aliphatic heterocycles. The van der Waals surface area contributed by atoms with Crippen LogP contribution in [0.15, 0.2) is 72.9 Å². The van der Waals surface area contributed by atoms with E-state index in [2.05, 4.69) is 50.3 Å². The summed E-state index contributed by atoms with van der Waals surface area (Å²) in [4.78, 5) is 46.5. The minimum absolute atomic E-state index is 0.0302. The van der Waals surface area contributed by atoms with E-state index in [4.69, 9.17) is 24.3 Å². The predicted molar refractivity (Wildman–Crippen MR) is 229 cm³/mol. The predicted octanol–water partition coefficient (Wildman–Crippen LogP) is 11.5. The normalized spacial score (nSPS) is 13.9. The Labute approximate surface area is 339 Å². The van der Waals surface area contributed by atoms with Crippen LogP contribution in [-0.4, -0.2) is 55.1 Å². The van der Waals surface area contributed by atoms with E-state index in [9.17, 15) is 23.8 Å². The van der Waals surface area contributed by atoms with Gasteiger partial charge >= 0.3 is 19.8 Å². The fraction of sp³-hybridized carbons (Fsp3) is 0.667. The van der Waals surface area contributed by atoms with E-state index >= 15 is 0 Å². The Kier molecular flexibility index (Phi) is 38.2. The first-order valence-corrected chi connectivity index (χ1v) is 22.9. The van der Waals surface area contributed by atoms with Gasteiger partial charge in [-0.15, -0.1) is 0 Å². The Balaban J connectivity index is 4.33. The van der Waals surface area contributed by atoms with Crippen LogP contribution in [0, 0.1) is 0 Å². The van der Waals surface area contributed by atoms with Gasteiger partial charge in [0.1, 0.15) is 6.61 Å². The Morgan fingerprint density at radius 3 is 1.75 bits per heavy atom. The number of phosphoric acid groups is 1. The highest BCUT2D eigenvalue weighted by Gasteiger charge is 2.25. The van der Waals surface area contributed by atoms with E-state index in [-0.39, 0.29) is 38.4 Å². The number of carbonyl (C=O) groups excluding carboxylic acids is 3. The van der Waals surface area contributed by atoms with Crippen LogP contribution in [-0.2, 0) is 37.5 Å². The van der Waals surface area contributed by atoms with E-state index in [0.29, 0.717) is 25.7 Å². The van der Waals surface area contributed by atoms with E-state index in [0.717, 1.165) is 64.2 Å². The maximum Gasteiger partial charge on any atom is 0.472 e. The molecular formula is C45H76NO9P. The van der Waals surface area contributed by atoms with Crippen molar-refractivity contribution < 1.29 is 42.4 Å². The van der Waals surface area contributed by atoms with E-state index in [1.54, 1.807) is 12.2 Å². The standard InChI is InChI=1S/C45H76NO9P/c1-3-5-7-8-9-10-11-12-13-14-15-16-19-22-25-28-32-36-44(48)52-40-43(41-54-56(50,51)53-39-38-46)55-45(49)37-33-29-26-23-20-17-18-21-24-27-31-35-42(47)34-30-6-4-2/h9-10,12-13,17-18,23-24,26-27,31,35,43H,3-8,11,14-16,19-22,25,28-30,32-34,36-41,46H2,1-2H3,(H,50,51)/b10-9-,13-12-,18-17-,26-23-,27-24-,35-31+/t43-/m1/s1. The van der Waals surface area contributed by atoms with Crippen molar-refractivity contribution in [1.82, 2.24) is 0 Å². The number of rotatable bonds is 39. The minimum Gasteiger partial charge on any atom is -0.462 e. The Hall–Kier alpha value is -2.88. The summed E-state index contributed by atoms with van der Waals surface area (Å²) in [5, 5.41) is 0. The molecule has 0 bridgehead atoms. The molecule has 0 aromatic carbocycles. The topological polar surface area (TPSA) is 151 Å². The van der Waals surface area contributed by atoms with Gasteiger partial charge in [0.2, 0.25) is 0 Å². The summed E-state index contributed by atoms with van der Waals surface area (Å²) in [6.07, 6.45) is 44.9. The third-order valence-corrected chi connectivity index (χ3v) is 9.53. The highest BCUT2D eigenvalue weighted by Crippen LogP contribution is 2.43. The molecule has 0 fully saturated rings. The van der Waals surface area contributed by atoms with Gasteiger partial charge in [0.15, 0.2) is 11.9 Å². The largest absolute Gasteiger partial charge is 0.472 e. The number of esters is 2. The molecule has 0 aliphatic rings. The SMILES string of the molecule is CCCCC/C=C\C/C=C\CCCCCCCCCC(=O)OC[C@H](COP(=O)(O)OCCN)OC(=O)CCC/C=C\C/C=C\C/C=C\C=C\C(=O)CCCCC. The van der Waals surface area contributed by atoms with Crippen LogP contribution in [0.5, 0.6) is 0 Å². The minimum atomic E-state index is -4.41. The second-order valence-corrected chi connectivity index (χ2v) is 15.3. The molecule has 0 aliphatic carbocycles. The van der Waals surface area contributed by atoms with Crippen molar-refractivity contribution in [3.63, 3.8) is 0 Å². The van der Waals surface area contributed by atoms with Crippen LogP contribution in [0.3, 0.4) is 0 Å². The van der Waals surface area contributed by atoms with Crippen LogP contribution in [0.2, 0.25) is 0 Å². The molecule has 2 atom stereocenters. The number of hydrogen-bond donors (Lipinski definition) is 2. The van der Waals surface area contributed by atoms with Gasteiger partial charge in [0.25, 0.3) is 0 Å². The molecule has 0 aromatic rings. The van der Waals surface area contributed by atoms with Crippen molar-refractivity contribution >= 4 is 25.5 Å². The number of carbonyl (C=O) groups is 3. The molecule has 0 radical (unpaired) electrons. The van der Waals surface area contributed by atoms with Crippen molar-refractivity contribution in [2.45, 2.75) is 168 Å². The lowest BCUT2D eigenvalue weighted by Gasteiger charge is -2.19. The number of nitrogens with two attached hydrogens (primary N) is 1. The molecular weight excluding hydrogens is 729 g/mol. The summed E-state index contributed by atoms with van der Waals surface area (Å²) in [7, 11) is -4.41. The van der Waals surface area contributed by atoms with Crippen LogP contribution >= 0.6 is 7.82 Å². The lowest BCUT2D eigenvalue weighted by atomic mass is 10.1. The summed E-state index contributed by atoms with van der Waals surface area (Å²) in [5.41, 5.74) is 5.33. The highest BCUT2D eigenvalue weighted by molar-refractivity contribution is 7.47. The third-order valence-electron chi connectivity index (χ3n) is 8.54. The number of allylic oxidation sites excluding steroid dienone is 12. The van der Waals surface area contributed by atoms with Crippen LogP contribution in [0.25, 0.3) is 0 Å². The van der Waals surface area contributed by atoms with Gasteiger partial charge in [-0.05, 0) is 76.7 Å². The molecule has 10 nitrogen and oxygen atoms in total. The maximum atomic E-state index is 12.6. The Bertz CT molecular complexity index is 1210. The average Bonchev–Trinajstić information content (AvgIpc) is 3.18. The zero-order valence-corrected chi connectivity index (χ0v) is 35.7. The monoisotopic (exact) mass is 806 g/mol. The summed E-state index contributed by atoms with van der Waals surface area (Å²) >= 11 is 0. The second kappa shape index (κ2) is 40.3. The van der Waals surface area contributed by atoms with Crippen LogP contribution < -0.4 is 5.73 Å². The lowest BCUT2D eigenvalue weighted by molar-refractivity contribution is -0.161. The highest BCUT2D eigenvalue weighted by atomic mass is 31.2. The molecule has 0 heterocycles. The van der Waals surface area contributed by atoms with Gasteiger partial charge in [-0.25, -0.2) is 4.57 Å². The number of unbranched alkanes of at least 4 members (excludes halogenated alkanes) is 13. The summed E-state index contributed by atoms with van der Waals surface area (Å²) in [6, 6.07) is 0. The molecule has 0 aromatic heterocycles. The van der Waals surface area contributed by atoms with Crippen LogP contribution in [0.4, 0.5) is 0 Å². The van der Waals surface area contributed by atoms with Crippen molar-refractivity contribution in [3.8, 4) is 0 Å². The van der Waals surface area contributed by atoms with Gasteiger partial charge in [-0.1, -0.05) is 138 Å². The van der Waals surface area contributed by atoms with Gasteiger partial charge in [-0.2, -0.15) is 0 Å². The molecule has 320 valence electrons. The smallest absolute Gasteiger partial charge is 0.462 e. The quantitative estimate of drug-likeness (QED) is 0.0153. The Morgan fingerprint density at radius 1 is 0.589 bits per heavy atom. The molecule has 0 saturated carbocycles. The molecule has 0 spiro atoms. The van der Waals surface area contributed by atoms with Crippen molar-refractivity contribution in [3.05, 3.63) is 72.9 Å². The molecule has 1 unspecified atom stereocenters. The van der Waals surface area contributed by atoms with Gasteiger partial charge in [0.05, 0.1) is 13.2 Å². The fourth-order valence-electron chi connectivity index (χ4n) is 5.32. The summed E-state index contributed by atoms with van der Waals surface area (Å²) in [5.74, 6) is -0.780. The van der Waals surface area contributed by atoms with E-state index in [1.165, 1.54) is 44.9 Å².